The van der Waals surface area contributed by atoms with E-state index in [1.807, 2.05) is 6.07 Å². The topological polar surface area (TPSA) is 104 Å². The van der Waals surface area contributed by atoms with Gasteiger partial charge < -0.3 is 10.6 Å². The van der Waals surface area contributed by atoms with Gasteiger partial charge in [-0.1, -0.05) is 6.92 Å². The van der Waals surface area contributed by atoms with E-state index in [9.17, 15) is 10.1 Å². The van der Waals surface area contributed by atoms with E-state index >= 15 is 0 Å². The third-order valence-electron chi connectivity index (χ3n) is 3.60. The average molecular weight is 275 g/mol. The van der Waals surface area contributed by atoms with Crippen LogP contribution in [0.2, 0.25) is 0 Å². The van der Waals surface area contributed by atoms with Gasteiger partial charge in [0.05, 0.1) is 4.92 Å². The van der Waals surface area contributed by atoms with Crippen molar-refractivity contribution in [3.05, 3.63) is 27.9 Å². The molecule has 0 spiro atoms. The average Bonchev–Trinajstić information content (AvgIpc) is 2.45. The van der Waals surface area contributed by atoms with E-state index in [0.717, 1.165) is 25.9 Å². The van der Waals surface area contributed by atoms with Gasteiger partial charge in [-0.25, -0.2) is 4.98 Å². The van der Waals surface area contributed by atoms with Gasteiger partial charge >= 0.3 is 5.69 Å². The molecule has 7 heteroatoms. The first-order chi connectivity index (χ1) is 9.56. The van der Waals surface area contributed by atoms with E-state index in [1.165, 1.54) is 12.3 Å². The lowest BCUT2D eigenvalue weighted by Gasteiger charge is -2.34. The van der Waals surface area contributed by atoms with Crippen molar-refractivity contribution < 1.29 is 4.92 Å². The van der Waals surface area contributed by atoms with Crippen LogP contribution in [0.15, 0.2) is 12.3 Å². The lowest BCUT2D eigenvalue weighted by molar-refractivity contribution is -0.384. The van der Waals surface area contributed by atoms with Crippen LogP contribution >= 0.6 is 0 Å². The van der Waals surface area contributed by atoms with Crippen molar-refractivity contribution in [3.8, 4) is 6.07 Å². The molecule has 1 aromatic heterocycles. The Bertz CT molecular complexity index is 546. The molecule has 106 valence electrons. The van der Waals surface area contributed by atoms with Crippen molar-refractivity contribution in [1.29, 1.82) is 5.26 Å². The summed E-state index contributed by atoms with van der Waals surface area (Å²) in [6.07, 6.45) is 3.56. The summed E-state index contributed by atoms with van der Waals surface area (Å²) in [7, 11) is 0. The molecule has 1 aliphatic rings. The Hall–Kier alpha value is -2.20. The van der Waals surface area contributed by atoms with Crippen LogP contribution in [-0.4, -0.2) is 29.5 Å². The fourth-order valence-electron chi connectivity index (χ4n) is 2.43. The number of nitrogens with one attached hydrogen (secondary N) is 2. The van der Waals surface area contributed by atoms with Gasteiger partial charge in [-0.2, -0.15) is 5.26 Å². The Labute approximate surface area is 117 Å². The molecule has 1 aromatic rings. The Morgan fingerprint density at radius 3 is 3.10 bits per heavy atom. The summed E-state index contributed by atoms with van der Waals surface area (Å²) in [5.41, 5.74) is -0.182. The molecule has 2 N–H and O–H groups in total. The summed E-state index contributed by atoms with van der Waals surface area (Å²) in [5, 5.41) is 26.4. The fourth-order valence-corrected chi connectivity index (χ4v) is 2.43. The van der Waals surface area contributed by atoms with Crippen molar-refractivity contribution in [2.75, 3.05) is 25.0 Å². The number of hydrogen-bond acceptors (Lipinski definition) is 6. The third kappa shape index (κ3) is 3.03. The zero-order chi connectivity index (χ0) is 14.6. The van der Waals surface area contributed by atoms with E-state index in [0.29, 0.717) is 6.54 Å². The first-order valence-corrected chi connectivity index (χ1v) is 6.54. The predicted molar refractivity (Wildman–Crippen MR) is 74.3 cm³/mol. The van der Waals surface area contributed by atoms with Gasteiger partial charge in [0.2, 0.25) is 5.82 Å². The highest BCUT2D eigenvalue weighted by Crippen LogP contribution is 2.29. The van der Waals surface area contributed by atoms with E-state index in [-0.39, 0.29) is 22.5 Å². The van der Waals surface area contributed by atoms with Gasteiger partial charge in [0, 0.05) is 19.3 Å². The highest BCUT2D eigenvalue weighted by molar-refractivity contribution is 5.64. The predicted octanol–water partition coefficient (Wildman–Crippen LogP) is 1.66. The molecule has 2 rings (SSSR count). The zero-order valence-electron chi connectivity index (χ0n) is 11.3. The SMILES string of the molecule is CC1(CNc2nccc(C#N)c2[N+](=O)[O-])CCCNC1. The number of nitriles is 1. The van der Waals surface area contributed by atoms with Crippen LogP contribution in [0.5, 0.6) is 0 Å². The number of pyridine rings is 1. The fraction of sp³-hybridized carbons (Fsp3) is 0.538. The number of aromatic nitrogens is 1. The van der Waals surface area contributed by atoms with E-state index in [1.54, 1.807) is 0 Å². The second-order valence-electron chi connectivity index (χ2n) is 5.37. The minimum atomic E-state index is -0.560. The van der Waals surface area contributed by atoms with Crippen LogP contribution in [0.3, 0.4) is 0 Å². The van der Waals surface area contributed by atoms with Crippen LogP contribution in [0.25, 0.3) is 0 Å². The molecule has 0 saturated carbocycles. The molecule has 1 unspecified atom stereocenters. The summed E-state index contributed by atoms with van der Waals surface area (Å²) in [6.45, 7) is 4.60. The molecule has 0 aliphatic carbocycles. The van der Waals surface area contributed by atoms with Gasteiger partial charge in [0.1, 0.15) is 11.6 Å². The minimum absolute atomic E-state index is 0.0272. The minimum Gasteiger partial charge on any atom is -0.364 e. The number of piperidine rings is 1. The highest BCUT2D eigenvalue weighted by atomic mass is 16.6. The summed E-state index contributed by atoms with van der Waals surface area (Å²) in [6, 6.07) is 3.19. The van der Waals surface area contributed by atoms with Crippen LogP contribution in [0, 0.1) is 26.9 Å². The lowest BCUT2D eigenvalue weighted by atomic mass is 9.83. The highest BCUT2D eigenvalue weighted by Gasteiger charge is 2.28. The summed E-state index contributed by atoms with van der Waals surface area (Å²) < 4.78 is 0. The van der Waals surface area contributed by atoms with Crippen molar-refractivity contribution in [2.45, 2.75) is 19.8 Å². The van der Waals surface area contributed by atoms with Crippen molar-refractivity contribution in [3.63, 3.8) is 0 Å². The number of rotatable bonds is 4. The molecule has 20 heavy (non-hydrogen) atoms. The van der Waals surface area contributed by atoms with Crippen LogP contribution in [-0.2, 0) is 0 Å². The molecule has 0 radical (unpaired) electrons. The second kappa shape index (κ2) is 5.84. The molecular weight excluding hydrogens is 258 g/mol. The standard InChI is InChI=1S/C13H17N5O2/c1-13(4-2-5-15-8-13)9-17-12-11(18(19)20)10(7-14)3-6-16-12/h3,6,15H,2,4-5,8-9H2,1H3,(H,16,17). The van der Waals surface area contributed by atoms with Gasteiger partial charge in [0.15, 0.2) is 0 Å². The molecule has 1 saturated heterocycles. The monoisotopic (exact) mass is 275 g/mol. The van der Waals surface area contributed by atoms with Crippen LogP contribution < -0.4 is 10.6 Å². The number of nitro groups is 1. The van der Waals surface area contributed by atoms with Crippen molar-refractivity contribution >= 4 is 11.5 Å². The van der Waals surface area contributed by atoms with E-state index in [2.05, 4.69) is 22.5 Å². The summed E-state index contributed by atoms with van der Waals surface area (Å²) >= 11 is 0. The number of anilines is 1. The maximum atomic E-state index is 11.1. The first-order valence-electron chi connectivity index (χ1n) is 6.54. The largest absolute Gasteiger partial charge is 0.364 e. The number of nitrogens with zero attached hydrogens (tertiary/aromatic N) is 3. The molecule has 1 fully saturated rings. The maximum Gasteiger partial charge on any atom is 0.328 e. The normalized spacial score (nSPS) is 22.0. The zero-order valence-corrected chi connectivity index (χ0v) is 11.3. The lowest BCUT2D eigenvalue weighted by Crippen LogP contribution is -2.42. The van der Waals surface area contributed by atoms with Crippen LogP contribution in [0.4, 0.5) is 11.5 Å². The number of hydrogen-bond donors (Lipinski definition) is 2. The molecule has 2 heterocycles. The van der Waals surface area contributed by atoms with Gasteiger partial charge in [-0.05, 0) is 30.9 Å². The molecule has 0 amide bonds. The molecular formula is C13H17N5O2. The molecule has 0 aromatic carbocycles. The van der Waals surface area contributed by atoms with E-state index < -0.39 is 4.92 Å². The molecule has 1 aliphatic heterocycles. The summed E-state index contributed by atoms with van der Waals surface area (Å²) in [5.74, 6) is 0.167. The van der Waals surface area contributed by atoms with Crippen molar-refractivity contribution in [1.82, 2.24) is 10.3 Å². The smallest absolute Gasteiger partial charge is 0.328 e. The first kappa shape index (κ1) is 14.2. The Morgan fingerprint density at radius 2 is 2.50 bits per heavy atom. The second-order valence-corrected chi connectivity index (χ2v) is 5.37. The van der Waals surface area contributed by atoms with Crippen molar-refractivity contribution in [2.24, 2.45) is 5.41 Å². The van der Waals surface area contributed by atoms with Gasteiger partial charge in [-0.3, -0.25) is 10.1 Å². The molecule has 1 atom stereocenters. The molecule has 7 nitrogen and oxygen atoms in total. The maximum absolute atomic E-state index is 11.1. The van der Waals surface area contributed by atoms with Gasteiger partial charge in [0.25, 0.3) is 0 Å². The Balaban J connectivity index is 2.17. The third-order valence-corrected chi connectivity index (χ3v) is 3.60. The Kier molecular flexibility index (Phi) is 4.15. The molecule has 0 bridgehead atoms. The van der Waals surface area contributed by atoms with Crippen LogP contribution in [0.1, 0.15) is 25.3 Å². The Morgan fingerprint density at radius 1 is 1.70 bits per heavy atom. The summed E-state index contributed by atoms with van der Waals surface area (Å²) in [4.78, 5) is 14.5. The van der Waals surface area contributed by atoms with Gasteiger partial charge in [-0.15, -0.1) is 0 Å². The van der Waals surface area contributed by atoms with E-state index in [4.69, 9.17) is 5.26 Å². The quantitative estimate of drug-likeness (QED) is 0.639.